The van der Waals surface area contributed by atoms with E-state index in [1.54, 1.807) is 0 Å². The average Bonchev–Trinajstić information content (AvgIpc) is 2.77. The Labute approximate surface area is 120 Å². The fraction of sp³-hybridized carbons (Fsp3) is 0.562. The maximum absolute atomic E-state index is 9.07. The predicted molar refractivity (Wildman–Crippen MR) is 82.5 cm³/mol. The van der Waals surface area contributed by atoms with Crippen LogP contribution in [-0.4, -0.2) is 27.8 Å². The molecule has 0 amide bonds. The molecule has 0 saturated heterocycles. The number of nitrogens with one attached hydrogen (secondary N) is 1. The second-order valence-corrected chi connectivity index (χ2v) is 5.37. The first-order chi connectivity index (χ1) is 9.76. The maximum atomic E-state index is 9.07. The number of aliphatic hydroxyl groups excluding tert-OH is 1. The molecule has 20 heavy (non-hydrogen) atoms. The molecule has 0 saturated carbocycles. The van der Waals surface area contributed by atoms with E-state index in [1.807, 2.05) is 18.2 Å². The smallest absolute Gasteiger partial charge is 0.123 e. The van der Waals surface area contributed by atoms with Gasteiger partial charge in [-0.2, -0.15) is 0 Å². The molecule has 0 spiro atoms. The number of hydrogen-bond donors (Lipinski definition) is 2. The fourth-order valence-corrected chi connectivity index (χ4v) is 2.68. The summed E-state index contributed by atoms with van der Waals surface area (Å²) in [5.74, 6) is 1.62. The summed E-state index contributed by atoms with van der Waals surface area (Å²) in [6.45, 7) is 4.18. The van der Waals surface area contributed by atoms with Gasteiger partial charge in [-0.1, -0.05) is 25.5 Å². The number of imidazole rings is 1. The number of nitrogens with zero attached hydrogens (tertiary/aromatic N) is 2. The Balaban J connectivity index is 1.93. The molecule has 2 aromatic rings. The minimum absolute atomic E-state index is 0.276. The van der Waals surface area contributed by atoms with Gasteiger partial charge in [0.05, 0.1) is 17.6 Å². The molecule has 4 heteroatoms. The van der Waals surface area contributed by atoms with Crippen LogP contribution in [0, 0.1) is 5.92 Å². The number of benzene rings is 1. The van der Waals surface area contributed by atoms with Gasteiger partial charge in [-0.05, 0) is 37.4 Å². The Morgan fingerprint density at radius 3 is 2.80 bits per heavy atom. The second kappa shape index (κ2) is 7.41. The zero-order chi connectivity index (χ0) is 14.4. The average molecular weight is 275 g/mol. The van der Waals surface area contributed by atoms with Gasteiger partial charge in [-0.25, -0.2) is 4.98 Å². The lowest BCUT2D eigenvalue weighted by atomic mass is 10.0. The molecule has 1 atom stereocenters. The molecule has 2 rings (SSSR count). The first-order valence-electron chi connectivity index (χ1n) is 7.48. The normalized spacial score (nSPS) is 12.9. The molecule has 1 aromatic carbocycles. The molecule has 110 valence electrons. The van der Waals surface area contributed by atoms with Crippen LogP contribution in [0.2, 0.25) is 0 Å². The molecule has 0 bridgehead atoms. The van der Waals surface area contributed by atoms with Crippen LogP contribution in [0.4, 0.5) is 0 Å². The molecule has 1 heterocycles. The summed E-state index contributed by atoms with van der Waals surface area (Å²) in [5, 5.41) is 12.6. The van der Waals surface area contributed by atoms with Gasteiger partial charge in [0.15, 0.2) is 0 Å². The molecule has 1 unspecified atom stereocenters. The summed E-state index contributed by atoms with van der Waals surface area (Å²) < 4.78 is 2.14. The van der Waals surface area contributed by atoms with Crippen molar-refractivity contribution in [1.29, 1.82) is 0 Å². The predicted octanol–water partition coefficient (Wildman–Crippen LogP) is 2.46. The minimum Gasteiger partial charge on any atom is -0.396 e. The van der Waals surface area contributed by atoms with Gasteiger partial charge in [0, 0.05) is 13.7 Å². The van der Waals surface area contributed by atoms with Gasteiger partial charge in [0.25, 0.3) is 0 Å². The number of aromatic nitrogens is 2. The van der Waals surface area contributed by atoms with Crippen molar-refractivity contribution < 1.29 is 5.11 Å². The van der Waals surface area contributed by atoms with Crippen molar-refractivity contribution in [2.24, 2.45) is 13.0 Å². The molecule has 0 fully saturated rings. The highest BCUT2D eigenvalue weighted by atomic mass is 16.3. The zero-order valence-corrected chi connectivity index (χ0v) is 12.5. The zero-order valence-electron chi connectivity index (χ0n) is 12.5. The Morgan fingerprint density at radius 1 is 1.30 bits per heavy atom. The van der Waals surface area contributed by atoms with Crippen LogP contribution < -0.4 is 5.32 Å². The van der Waals surface area contributed by atoms with Crippen LogP contribution in [0.25, 0.3) is 11.0 Å². The van der Waals surface area contributed by atoms with Crippen molar-refractivity contribution in [1.82, 2.24) is 14.9 Å². The lowest BCUT2D eigenvalue weighted by Crippen LogP contribution is -2.24. The molecule has 1 aromatic heterocycles. The molecular weight excluding hydrogens is 250 g/mol. The Hall–Kier alpha value is -1.39. The SMILES string of the molecule is CCCC(CCO)CNCc1nc2ccccc2n1C. The van der Waals surface area contributed by atoms with Gasteiger partial charge >= 0.3 is 0 Å². The summed E-state index contributed by atoms with van der Waals surface area (Å²) in [4.78, 5) is 4.65. The highest BCUT2D eigenvalue weighted by molar-refractivity contribution is 5.75. The molecule has 0 aliphatic rings. The van der Waals surface area contributed by atoms with Crippen molar-refractivity contribution in [2.45, 2.75) is 32.7 Å². The summed E-state index contributed by atoms with van der Waals surface area (Å²) in [5.41, 5.74) is 2.22. The molecule has 0 aliphatic carbocycles. The summed E-state index contributed by atoms with van der Waals surface area (Å²) in [7, 11) is 2.06. The maximum Gasteiger partial charge on any atom is 0.123 e. The van der Waals surface area contributed by atoms with Gasteiger partial charge in [-0.3, -0.25) is 0 Å². The summed E-state index contributed by atoms with van der Waals surface area (Å²) >= 11 is 0. The van der Waals surface area contributed by atoms with Crippen molar-refractivity contribution in [2.75, 3.05) is 13.2 Å². The number of aliphatic hydroxyl groups is 1. The lowest BCUT2D eigenvalue weighted by Gasteiger charge is -2.15. The first kappa shape index (κ1) is 15.0. The number of para-hydroxylation sites is 2. The van der Waals surface area contributed by atoms with Crippen molar-refractivity contribution >= 4 is 11.0 Å². The van der Waals surface area contributed by atoms with Crippen molar-refractivity contribution in [3.63, 3.8) is 0 Å². The quantitative estimate of drug-likeness (QED) is 0.778. The standard InChI is InChI=1S/C16H25N3O/c1-3-6-13(9-10-20)11-17-12-16-18-14-7-4-5-8-15(14)19(16)2/h4-5,7-8,13,17,20H,3,6,9-12H2,1-2H3. The molecule has 4 nitrogen and oxygen atoms in total. The summed E-state index contributed by atoms with van der Waals surface area (Å²) in [6.07, 6.45) is 3.21. The van der Waals surface area contributed by atoms with E-state index in [4.69, 9.17) is 5.11 Å². The van der Waals surface area contributed by atoms with Crippen LogP contribution in [0.1, 0.15) is 32.0 Å². The van der Waals surface area contributed by atoms with E-state index in [9.17, 15) is 0 Å². The summed E-state index contributed by atoms with van der Waals surface area (Å²) in [6, 6.07) is 8.20. The Kier molecular flexibility index (Phi) is 5.56. The van der Waals surface area contributed by atoms with Crippen LogP contribution >= 0.6 is 0 Å². The number of hydrogen-bond acceptors (Lipinski definition) is 3. The van der Waals surface area contributed by atoms with E-state index in [1.165, 1.54) is 11.9 Å². The van der Waals surface area contributed by atoms with Gasteiger partial charge in [0.2, 0.25) is 0 Å². The van der Waals surface area contributed by atoms with E-state index in [-0.39, 0.29) is 6.61 Å². The third-order valence-corrected chi connectivity index (χ3v) is 3.83. The van der Waals surface area contributed by atoms with E-state index >= 15 is 0 Å². The first-order valence-corrected chi connectivity index (χ1v) is 7.48. The molecule has 2 N–H and O–H groups in total. The van der Waals surface area contributed by atoms with Crippen LogP contribution in [0.15, 0.2) is 24.3 Å². The van der Waals surface area contributed by atoms with E-state index in [0.29, 0.717) is 5.92 Å². The fourth-order valence-electron chi connectivity index (χ4n) is 2.68. The lowest BCUT2D eigenvalue weighted by molar-refractivity contribution is 0.247. The van der Waals surface area contributed by atoms with Crippen LogP contribution in [0.3, 0.4) is 0 Å². The second-order valence-electron chi connectivity index (χ2n) is 5.37. The highest BCUT2D eigenvalue weighted by Crippen LogP contribution is 2.14. The van der Waals surface area contributed by atoms with Gasteiger partial charge in [-0.15, -0.1) is 0 Å². The topological polar surface area (TPSA) is 50.1 Å². The number of rotatable bonds is 8. The molecule has 0 aliphatic heterocycles. The third kappa shape index (κ3) is 3.58. The number of fused-ring (bicyclic) bond motifs is 1. The largest absolute Gasteiger partial charge is 0.396 e. The van der Waals surface area contributed by atoms with Gasteiger partial charge in [0.1, 0.15) is 5.82 Å². The van der Waals surface area contributed by atoms with Gasteiger partial charge < -0.3 is 15.0 Å². The third-order valence-electron chi connectivity index (χ3n) is 3.83. The minimum atomic E-state index is 0.276. The van der Waals surface area contributed by atoms with Crippen molar-refractivity contribution in [3.05, 3.63) is 30.1 Å². The Morgan fingerprint density at radius 2 is 2.10 bits per heavy atom. The van der Waals surface area contributed by atoms with E-state index < -0.39 is 0 Å². The highest BCUT2D eigenvalue weighted by Gasteiger charge is 2.09. The van der Waals surface area contributed by atoms with E-state index in [2.05, 4.69) is 34.9 Å². The Bertz CT molecular complexity index is 530. The van der Waals surface area contributed by atoms with Crippen molar-refractivity contribution in [3.8, 4) is 0 Å². The molecule has 0 radical (unpaired) electrons. The molecular formula is C16H25N3O. The number of aryl methyl sites for hydroxylation is 1. The van der Waals surface area contributed by atoms with Crippen LogP contribution in [-0.2, 0) is 13.6 Å². The monoisotopic (exact) mass is 275 g/mol. The van der Waals surface area contributed by atoms with Crippen LogP contribution in [0.5, 0.6) is 0 Å². The van der Waals surface area contributed by atoms with E-state index in [0.717, 1.165) is 37.3 Å².